The molecule has 174 valence electrons. The molecule has 3 aromatic rings. The zero-order valence-electron chi connectivity index (χ0n) is 18.4. The van der Waals surface area contributed by atoms with Gasteiger partial charge >= 0.3 is 11.8 Å². The molecule has 0 saturated carbocycles. The monoisotopic (exact) mass is 478 g/mol. The summed E-state index contributed by atoms with van der Waals surface area (Å²) in [7, 11) is 0. The topological polar surface area (TPSA) is 109 Å². The molecular formula is C25H23ClN4O4. The maximum absolute atomic E-state index is 12.2. The van der Waals surface area contributed by atoms with Crippen LogP contribution in [0.1, 0.15) is 18.1 Å². The second-order valence-electron chi connectivity index (χ2n) is 7.06. The molecule has 0 aliphatic carbocycles. The van der Waals surface area contributed by atoms with Gasteiger partial charge in [0.05, 0.1) is 16.9 Å². The molecule has 0 unspecified atom stereocenters. The van der Waals surface area contributed by atoms with Gasteiger partial charge in [-0.15, -0.1) is 0 Å². The quantitative estimate of drug-likeness (QED) is 0.258. The summed E-state index contributed by atoms with van der Waals surface area (Å²) in [5.74, 6) is -1.82. The number of hydrogen-bond acceptors (Lipinski definition) is 5. The van der Waals surface area contributed by atoms with Crippen molar-refractivity contribution in [3.8, 4) is 5.75 Å². The van der Waals surface area contributed by atoms with E-state index in [-0.39, 0.29) is 12.5 Å². The van der Waals surface area contributed by atoms with Crippen LogP contribution < -0.4 is 20.8 Å². The second-order valence-corrected chi connectivity index (χ2v) is 7.47. The maximum Gasteiger partial charge on any atom is 0.329 e. The van der Waals surface area contributed by atoms with Crippen molar-refractivity contribution in [2.75, 3.05) is 17.2 Å². The normalized spacial score (nSPS) is 10.5. The van der Waals surface area contributed by atoms with Crippen LogP contribution in [0, 0.1) is 0 Å². The van der Waals surface area contributed by atoms with Gasteiger partial charge in [-0.3, -0.25) is 14.4 Å². The van der Waals surface area contributed by atoms with Crippen molar-refractivity contribution in [2.45, 2.75) is 13.3 Å². The van der Waals surface area contributed by atoms with Crippen molar-refractivity contribution < 1.29 is 19.1 Å². The Labute approximate surface area is 202 Å². The van der Waals surface area contributed by atoms with E-state index in [9.17, 15) is 14.4 Å². The molecule has 0 atom stereocenters. The smallest absolute Gasteiger partial charge is 0.329 e. The summed E-state index contributed by atoms with van der Waals surface area (Å²) in [6, 6.07) is 20.9. The molecule has 0 heterocycles. The van der Waals surface area contributed by atoms with Gasteiger partial charge in [0.25, 0.3) is 5.91 Å². The highest BCUT2D eigenvalue weighted by Gasteiger charge is 2.14. The van der Waals surface area contributed by atoms with Gasteiger partial charge in [0.15, 0.2) is 6.61 Å². The highest BCUT2D eigenvalue weighted by atomic mass is 35.5. The summed E-state index contributed by atoms with van der Waals surface area (Å²) in [6.07, 6.45) is 2.24. The van der Waals surface area contributed by atoms with Gasteiger partial charge in [-0.2, -0.15) is 5.10 Å². The van der Waals surface area contributed by atoms with Crippen molar-refractivity contribution in [1.29, 1.82) is 0 Å². The molecule has 0 fully saturated rings. The number of hydrogen-bond donors (Lipinski definition) is 3. The van der Waals surface area contributed by atoms with Crippen LogP contribution in [0.4, 0.5) is 11.4 Å². The standard InChI is InChI=1S/C25H23ClN4O4/c1-2-17-11-13-19(14-12-17)28-23(31)16-34-22-10-6-3-7-18(22)15-27-30-25(33)24(32)29-21-9-5-4-8-20(21)26/h3-15H,2,16H2,1H3,(H,28,31)(H,29,32)(H,30,33)/b27-15-. The maximum atomic E-state index is 12.2. The van der Waals surface area contributed by atoms with Crippen LogP contribution in [0.2, 0.25) is 5.02 Å². The van der Waals surface area contributed by atoms with Crippen molar-refractivity contribution in [2.24, 2.45) is 5.10 Å². The summed E-state index contributed by atoms with van der Waals surface area (Å²) < 4.78 is 5.60. The first kappa shape index (κ1) is 24.5. The fourth-order valence-electron chi connectivity index (χ4n) is 2.84. The zero-order chi connectivity index (χ0) is 24.3. The number of nitrogens with zero attached hydrogens (tertiary/aromatic N) is 1. The lowest BCUT2D eigenvalue weighted by atomic mass is 10.1. The lowest BCUT2D eigenvalue weighted by molar-refractivity contribution is -0.136. The predicted octanol–water partition coefficient (Wildman–Crippen LogP) is 4.01. The molecule has 0 aromatic heterocycles. The van der Waals surface area contributed by atoms with E-state index in [1.54, 1.807) is 48.5 Å². The number of para-hydroxylation sites is 2. The van der Waals surface area contributed by atoms with E-state index in [0.29, 0.717) is 27.7 Å². The van der Waals surface area contributed by atoms with Gasteiger partial charge in [0.2, 0.25) is 0 Å². The molecule has 3 aromatic carbocycles. The molecule has 0 aliphatic rings. The number of benzene rings is 3. The Morgan fingerprint density at radius 3 is 2.35 bits per heavy atom. The number of anilines is 2. The van der Waals surface area contributed by atoms with E-state index in [2.05, 4.69) is 28.1 Å². The van der Waals surface area contributed by atoms with Gasteiger partial charge < -0.3 is 15.4 Å². The minimum atomic E-state index is -0.969. The lowest BCUT2D eigenvalue weighted by Gasteiger charge is -2.10. The summed E-state index contributed by atoms with van der Waals surface area (Å²) >= 11 is 5.97. The molecule has 8 nitrogen and oxygen atoms in total. The minimum absolute atomic E-state index is 0.215. The number of aryl methyl sites for hydroxylation is 1. The molecule has 34 heavy (non-hydrogen) atoms. The Hall–Kier alpha value is -4.17. The number of carbonyl (C=O) groups is 3. The number of carbonyl (C=O) groups excluding carboxylic acids is 3. The van der Waals surface area contributed by atoms with E-state index in [0.717, 1.165) is 6.42 Å². The molecule has 0 spiro atoms. The van der Waals surface area contributed by atoms with E-state index in [4.69, 9.17) is 16.3 Å². The molecule has 0 saturated heterocycles. The molecule has 3 rings (SSSR count). The van der Waals surface area contributed by atoms with E-state index in [1.807, 2.05) is 24.3 Å². The van der Waals surface area contributed by atoms with E-state index < -0.39 is 11.8 Å². The number of amides is 3. The van der Waals surface area contributed by atoms with Crippen molar-refractivity contribution in [3.05, 3.63) is 88.9 Å². The molecule has 0 bridgehead atoms. The number of ether oxygens (including phenoxy) is 1. The van der Waals surface area contributed by atoms with Crippen molar-refractivity contribution in [1.82, 2.24) is 5.43 Å². The van der Waals surface area contributed by atoms with Gasteiger partial charge in [0.1, 0.15) is 5.75 Å². The summed E-state index contributed by atoms with van der Waals surface area (Å²) in [6.45, 7) is 1.84. The minimum Gasteiger partial charge on any atom is -0.483 e. The van der Waals surface area contributed by atoms with Crippen LogP contribution in [0.15, 0.2) is 77.9 Å². The van der Waals surface area contributed by atoms with Gasteiger partial charge in [-0.25, -0.2) is 5.43 Å². The van der Waals surface area contributed by atoms with Crippen LogP contribution >= 0.6 is 11.6 Å². The zero-order valence-corrected chi connectivity index (χ0v) is 19.1. The lowest BCUT2D eigenvalue weighted by Crippen LogP contribution is -2.32. The Morgan fingerprint density at radius 1 is 0.912 bits per heavy atom. The summed E-state index contributed by atoms with van der Waals surface area (Å²) in [5, 5.41) is 9.28. The van der Waals surface area contributed by atoms with Crippen LogP contribution in [0.25, 0.3) is 0 Å². The van der Waals surface area contributed by atoms with E-state index in [1.165, 1.54) is 11.8 Å². The second kappa shape index (κ2) is 12.2. The summed E-state index contributed by atoms with van der Waals surface area (Å²) in [4.78, 5) is 36.2. The fraction of sp³-hybridized carbons (Fsp3) is 0.120. The molecule has 9 heteroatoms. The number of nitrogens with one attached hydrogen (secondary N) is 3. The molecule has 3 amide bonds. The third-order valence-electron chi connectivity index (χ3n) is 4.62. The Balaban J connectivity index is 1.52. The number of rotatable bonds is 8. The van der Waals surface area contributed by atoms with Crippen LogP contribution in [-0.2, 0) is 20.8 Å². The van der Waals surface area contributed by atoms with Gasteiger partial charge in [0, 0.05) is 11.3 Å². The highest BCUT2D eigenvalue weighted by Crippen LogP contribution is 2.20. The Kier molecular flexibility index (Phi) is 8.76. The first-order chi connectivity index (χ1) is 16.5. The van der Waals surface area contributed by atoms with E-state index >= 15 is 0 Å². The SMILES string of the molecule is CCc1ccc(NC(=O)COc2ccccc2/C=N\NC(=O)C(=O)Nc2ccccc2Cl)cc1. The Bertz CT molecular complexity index is 1200. The molecule has 0 aliphatic heterocycles. The van der Waals surface area contributed by atoms with Crippen molar-refractivity contribution in [3.63, 3.8) is 0 Å². The first-order valence-electron chi connectivity index (χ1n) is 10.5. The van der Waals surface area contributed by atoms with Crippen LogP contribution in [0.5, 0.6) is 5.75 Å². The molecular weight excluding hydrogens is 456 g/mol. The van der Waals surface area contributed by atoms with Crippen molar-refractivity contribution >= 4 is 46.9 Å². The third kappa shape index (κ3) is 7.18. The Morgan fingerprint density at radius 2 is 1.62 bits per heavy atom. The largest absolute Gasteiger partial charge is 0.483 e. The van der Waals surface area contributed by atoms with Gasteiger partial charge in [-0.05, 0) is 48.4 Å². The highest BCUT2D eigenvalue weighted by molar-refractivity contribution is 6.41. The average Bonchev–Trinajstić information content (AvgIpc) is 2.85. The van der Waals surface area contributed by atoms with Gasteiger partial charge in [-0.1, -0.05) is 54.9 Å². The average molecular weight is 479 g/mol. The molecule has 0 radical (unpaired) electrons. The summed E-state index contributed by atoms with van der Waals surface area (Å²) in [5.41, 5.74) is 4.82. The predicted molar refractivity (Wildman–Crippen MR) is 132 cm³/mol. The number of halogens is 1. The van der Waals surface area contributed by atoms with Crippen LogP contribution in [-0.4, -0.2) is 30.5 Å². The van der Waals surface area contributed by atoms with Crippen LogP contribution in [0.3, 0.4) is 0 Å². The first-order valence-corrected chi connectivity index (χ1v) is 10.8. The molecule has 3 N–H and O–H groups in total. The third-order valence-corrected chi connectivity index (χ3v) is 4.95. The fourth-order valence-corrected chi connectivity index (χ4v) is 3.02. The number of hydrazone groups is 1.